The van der Waals surface area contributed by atoms with Gasteiger partial charge in [-0.1, -0.05) is 13.0 Å². The lowest BCUT2D eigenvalue weighted by atomic mass is 10.1. The normalized spacial score (nSPS) is 12.3. The number of aromatic hydroxyl groups is 1. The van der Waals surface area contributed by atoms with Crippen molar-refractivity contribution in [3.8, 4) is 5.75 Å². The van der Waals surface area contributed by atoms with Crippen LogP contribution in [0.3, 0.4) is 0 Å². The Labute approximate surface area is 99.6 Å². The smallest absolute Gasteiger partial charge is 0.115 e. The number of phenols is 1. The van der Waals surface area contributed by atoms with Crippen LogP contribution in [0.2, 0.25) is 0 Å². The molecule has 3 heteroatoms. The fourth-order valence-electron chi connectivity index (χ4n) is 1.62. The van der Waals surface area contributed by atoms with Gasteiger partial charge < -0.3 is 10.4 Å². The zero-order valence-corrected chi connectivity index (χ0v) is 10.00. The summed E-state index contributed by atoms with van der Waals surface area (Å²) < 4.78 is 0. The molecule has 0 saturated heterocycles. The Bertz CT molecular complexity index is 422. The van der Waals surface area contributed by atoms with E-state index in [1.807, 2.05) is 12.1 Å². The van der Waals surface area contributed by atoms with Crippen molar-refractivity contribution in [3.63, 3.8) is 0 Å². The molecule has 0 aliphatic rings. The Kier molecular flexibility index (Phi) is 3.47. The lowest BCUT2D eigenvalue weighted by Crippen LogP contribution is -2.07. The van der Waals surface area contributed by atoms with E-state index in [9.17, 15) is 5.11 Å². The van der Waals surface area contributed by atoms with Crippen molar-refractivity contribution in [2.24, 2.45) is 0 Å². The fraction of sp³-hybridized carbons (Fsp3) is 0.231. The molecule has 0 bridgehead atoms. The molecule has 0 saturated carbocycles. The Morgan fingerprint density at radius 1 is 1.25 bits per heavy atom. The summed E-state index contributed by atoms with van der Waals surface area (Å²) in [5.41, 5.74) is 1.04. The summed E-state index contributed by atoms with van der Waals surface area (Å²) in [7, 11) is 0. The standard InChI is InChI=1S/C13H15NOS/c1-2-12(13-4-3-9-16-13)14-10-5-7-11(15)8-6-10/h3-9,12,14-15H,2H2,1H3. The van der Waals surface area contributed by atoms with Crippen molar-refractivity contribution >= 4 is 17.0 Å². The Morgan fingerprint density at radius 3 is 2.56 bits per heavy atom. The van der Waals surface area contributed by atoms with E-state index in [0.29, 0.717) is 11.8 Å². The first kappa shape index (κ1) is 11.0. The van der Waals surface area contributed by atoms with Gasteiger partial charge in [-0.05, 0) is 42.1 Å². The van der Waals surface area contributed by atoms with Gasteiger partial charge in [0.1, 0.15) is 5.75 Å². The van der Waals surface area contributed by atoms with E-state index in [1.165, 1.54) is 4.88 Å². The highest BCUT2D eigenvalue weighted by Crippen LogP contribution is 2.26. The number of rotatable bonds is 4. The minimum atomic E-state index is 0.301. The van der Waals surface area contributed by atoms with E-state index < -0.39 is 0 Å². The minimum Gasteiger partial charge on any atom is -0.508 e. The highest BCUT2D eigenvalue weighted by atomic mass is 32.1. The van der Waals surface area contributed by atoms with E-state index in [2.05, 4.69) is 29.8 Å². The monoisotopic (exact) mass is 233 g/mol. The van der Waals surface area contributed by atoms with Crippen molar-refractivity contribution in [2.75, 3.05) is 5.32 Å². The molecular weight excluding hydrogens is 218 g/mol. The molecule has 16 heavy (non-hydrogen) atoms. The third kappa shape index (κ3) is 2.55. The number of hydrogen-bond acceptors (Lipinski definition) is 3. The first-order chi connectivity index (χ1) is 7.79. The molecule has 84 valence electrons. The van der Waals surface area contributed by atoms with Crippen LogP contribution in [-0.2, 0) is 0 Å². The number of benzene rings is 1. The van der Waals surface area contributed by atoms with E-state index in [0.717, 1.165) is 12.1 Å². The minimum absolute atomic E-state index is 0.301. The van der Waals surface area contributed by atoms with Crippen LogP contribution in [0.15, 0.2) is 41.8 Å². The Morgan fingerprint density at radius 2 is 2.00 bits per heavy atom. The van der Waals surface area contributed by atoms with Gasteiger partial charge in [0.25, 0.3) is 0 Å². The van der Waals surface area contributed by atoms with Crippen LogP contribution >= 0.6 is 11.3 Å². The first-order valence-corrected chi connectivity index (χ1v) is 6.26. The molecule has 2 rings (SSSR count). The highest BCUT2D eigenvalue weighted by molar-refractivity contribution is 7.10. The van der Waals surface area contributed by atoms with Crippen LogP contribution < -0.4 is 5.32 Å². The maximum atomic E-state index is 9.21. The van der Waals surface area contributed by atoms with E-state index in [-0.39, 0.29) is 0 Å². The number of phenolic OH excluding ortho intramolecular Hbond substituents is 1. The van der Waals surface area contributed by atoms with Crippen molar-refractivity contribution in [1.82, 2.24) is 0 Å². The molecule has 0 aliphatic heterocycles. The summed E-state index contributed by atoms with van der Waals surface area (Å²) in [5.74, 6) is 0.301. The van der Waals surface area contributed by atoms with E-state index in [1.54, 1.807) is 23.5 Å². The SMILES string of the molecule is CCC(Nc1ccc(O)cc1)c1cccs1. The molecule has 0 amide bonds. The predicted molar refractivity (Wildman–Crippen MR) is 69.1 cm³/mol. The zero-order chi connectivity index (χ0) is 11.4. The van der Waals surface area contributed by atoms with Gasteiger partial charge in [0.2, 0.25) is 0 Å². The average molecular weight is 233 g/mol. The number of anilines is 1. The summed E-state index contributed by atoms with van der Waals surface area (Å²) in [6, 6.07) is 11.8. The largest absolute Gasteiger partial charge is 0.508 e. The third-order valence-corrected chi connectivity index (χ3v) is 3.49. The maximum absolute atomic E-state index is 9.21. The second-order valence-corrected chi connectivity index (χ2v) is 4.65. The van der Waals surface area contributed by atoms with Gasteiger partial charge in [-0.2, -0.15) is 0 Å². The second-order valence-electron chi connectivity index (χ2n) is 3.67. The van der Waals surface area contributed by atoms with Gasteiger partial charge >= 0.3 is 0 Å². The van der Waals surface area contributed by atoms with E-state index >= 15 is 0 Å². The molecule has 1 aromatic carbocycles. The van der Waals surface area contributed by atoms with Crippen molar-refractivity contribution in [1.29, 1.82) is 0 Å². The molecule has 0 aliphatic carbocycles. The number of hydrogen-bond donors (Lipinski definition) is 2. The van der Waals surface area contributed by atoms with Crippen LogP contribution in [0.25, 0.3) is 0 Å². The molecule has 2 aromatic rings. The molecule has 1 unspecified atom stereocenters. The van der Waals surface area contributed by atoms with Gasteiger partial charge in [0.05, 0.1) is 6.04 Å². The van der Waals surface area contributed by atoms with Crippen LogP contribution in [0.5, 0.6) is 5.75 Å². The van der Waals surface area contributed by atoms with Crippen molar-refractivity contribution < 1.29 is 5.11 Å². The Balaban J connectivity index is 2.10. The summed E-state index contributed by atoms with van der Waals surface area (Å²) in [4.78, 5) is 1.34. The van der Waals surface area contributed by atoms with Crippen LogP contribution in [-0.4, -0.2) is 5.11 Å². The molecule has 2 nitrogen and oxygen atoms in total. The quantitative estimate of drug-likeness (QED) is 0.782. The molecule has 1 heterocycles. The average Bonchev–Trinajstić information content (AvgIpc) is 2.82. The third-order valence-electron chi connectivity index (χ3n) is 2.50. The summed E-state index contributed by atoms with van der Waals surface area (Å²) in [6.07, 6.45) is 1.04. The molecule has 0 fully saturated rings. The van der Waals surface area contributed by atoms with Gasteiger partial charge in [-0.3, -0.25) is 0 Å². The van der Waals surface area contributed by atoms with Gasteiger partial charge in [-0.25, -0.2) is 0 Å². The van der Waals surface area contributed by atoms with Gasteiger partial charge in [0.15, 0.2) is 0 Å². The van der Waals surface area contributed by atoms with Crippen LogP contribution in [0, 0.1) is 0 Å². The zero-order valence-electron chi connectivity index (χ0n) is 9.18. The van der Waals surface area contributed by atoms with Gasteiger partial charge in [-0.15, -0.1) is 11.3 Å². The molecule has 0 spiro atoms. The number of thiophene rings is 1. The van der Waals surface area contributed by atoms with Crippen LogP contribution in [0.4, 0.5) is 5.69 Å². The molecule has 1 atom stereocenters. The van der Waals surface area contributed by atoms with Crippen LogP contribution in [0.1, 0.15) is 24.3 Å². The molecule has 1 aromatic heterocycles. The lowest BCUT2D eigenvalue weighted by Gasteiger charge is -2.16. The van der Waals surface area contributed by atoms with Crippen molar-refractivity contribution in [3.05, 3.63) is 46.7 Å². The van der Waals surface area contributed by atoms with Gasteiger partial charge in [0, 0.05) is 10.6 Å². The molecular formula is C13H15NOS. The van der Waals surface area contributed by atoms with Crippen molar-refractivity contribution in [2.45, 2.75) is 19.4 Å². The fourth-order valence-corrected chi connectivity index (χ4v) is 2.48. The molecule has 0 radical (unpaired) electrons. The second kappa shape index (κ2) is 5.03. The highest BCUT2D eigenvalue weighted by Gasteiger charge is 2.09. The summed E-state index contributed by atoms with van der Waals surface area (Å²) >= 11 is 1.77. The maximum Gasteiger partial charge on any atom is 0.115 e. The molecule has 2 N–H and O–H groups in total. The lowest BCUT2D eigenvalue weighted by molar-refractivity contribution is 0.475. The Hall–Kier alpha value is -1.48. The van der Waals surface area contributed by atoms with E-state index in [4.69, 9.17) is 0 Å². The topological polar surface area (TPSA) is 32.3 Å². The first-order valence-electron chi connectivity index (χ1n) is 5.38. The summed E-state index contributed by atoms with van der Waals surface area (Å²) in [5, 5.41) is 14.8. The number of nitrogens with one attached hydrogen (secondary N) is 1. The summed E-state index contributed by atoms with van der Waals surface area (Å²) in [6.45, 7) is 2.16. The predicted octanol–water partition coefficient (Wildman–Crippen LogP) is 4.02.